The number of aryl methyl sites for hydroxylation is 1. The number of nitrogens with zero attached hydrogens (tertiary/aromatic N) is 1. The van der Waals surface area contributed by atoms with Crippen LogP contribution in [0.4, 0.5) is 0 Å². The number of H-pyrrole nitrogens is 1. The quantitative estimate of drug-likeness (QED) is 0.676. The first-order valence-electron chi connectivity index (χ1n) is 5.88. The average Bonchev–Trinajstić information content (AvgIpc) is 2.77. The number of hydrogen-bond acceptors (Lipinski definition) is 1. The van der Waals surface area contributed by atoms with Crippen molar-refractivity contribution in [3.05, 3.63) is 59.7 Å². The molecule has 18 heavy (non-hydrogen) atoms. The summed E-state index contributed by atoms with van der Waals surface area (Å²) in [5.74, 6) is 0. The van der Waals surface area contributed by atoms with E-state index in [-0.39, 0.29) is 0 Å². The summed E-state index contributed by atoms with van der Waals surface area (Å²) < 4.78 is 0. The molecule has 0 saturated carbocycles. The predicted octanol–water partition coefficient (Wildman–Crippen LogP) is 4.02. The first kappa shape index (κ1) is 10.6. The van der Waals surface area contributed by atoms with Gasteiger partial charge in [-0.1, -0.05) is 42.5 Å². The topological polar surface area (TPSA) is 39.6 Å². The first-order valence-corrected chi connectivity index (χ1v) is 5.88. The van der Waals surface area contributed by atoms with Gasteiger partial charge >= 0.3 is 0 Å². The molecule has 0 unspecified atom stereocenters. The van der Waals surface area contributed by atoms with Gasteiger partial charge in [0.25, 0.3) is 0 Å². The molecule has 0 fully saturated rings. The molecule has 0 aliphatic heterocycles. The lowest BCUT2D eigenvalue weighted by molar-refractivity contribution is 1.38. The standard InChI is InChI=1S/C16H12N2/c1-11-6-2-3-7-12(11)16-14(10-17)13-8-4-5-9-15(13)18-16/h2-9,18H,1H3. The maximum Gasteiger partial charge on any atom is 0.102 e. The molecular weight excluding hydrogens is 220 g/mol. The van der Waals surface area contributed by atoms with Gasteiger partial charge in [0.15, 0.2) is 0 Å². The number of benzene rings is 2. The summed E-state index contributed by atoms with van der Waals surface area (Å²) in [5, 5.41) is 10.4. The van der Waals surface area contributed by atoms with Crippen molar-refractivity contribution in [3.8, 4) is 17.3 Å². The van der Waals surface area contributed by atoms with Crippen molar-refractivity contribution in [2.24, 2.45) is 0 Å². The second-order valence-electron chi connectivity index (χ2n) is 4.35. The number of fused-ring (bicyclic) bond motifs is 1. The van der Waals surface area contributed by atoms with Crippen molar-refractivity contribution < 1.29 is 0 Å². The maximum absolute atomic E-state index is 9.39. The monoisotopic (exact) mass is 232 g/mol. The molecule has 2 nitrogen and oxygen atoms in total. The summed E-state index contributed by atoms with van der Waals surface area (Å²) >= 11 is 0. The molecule has 1 heterocycles. The Kier molecular flexibility index (Phi) is 2.39. The number of nitrogens with one attached hydrogen (secondary N) is 1. The van der Waals surface area contributed by atoms with Gasteiger partial charge in [-0.25, -0.2) is 0 Å². The van der Waals surface area contributed by atoms with E-state index in [1.54, 1.807) is 0 Å². The summed E-state index contributed by atoms with van der Waals surface area (Å²) in [6.07, 6.45) is 0. The van der Waals surface area contributed by atoms with Gasteiger partial charge in [-0.05, 0) is 18.6 Å². The lowest BCUT2D eigenvalue weighted by Gasteiger charge is -2.03. The van der Waals surface area contributed by atoms with E-state index in [0.29, 0.717) is 0 Å². The average molecular weight is 232 g/mol. The lowest BCUT2D eigenvalue weighted by atomic mass is 10.0. The molecule has 2 heteroatoms. The number of nitriles is 1. The normalized spacial score (nSPS) is 10.4. The van der Waals surface area contributed by atoms with Crippen molar-refractivity contribution in [2.75, 3.05) is 0 Å². The Balaban J connectivity index is 2.37. The maximum atomic E-state index is 9.39. The summed E-state index contributed by atoms with van der Waals surface area (Å²) in [5.41, 5.74) is 4.90. The molecular formula is C16H12N2. The zero-order chi connectivity index (χ0) is 12.5. The molecule has 0 saturated heterocycles. The van der Waals surface area contributed by atoms with Gasteiger partial charge < -0.3 is 4.98 Å². The third kappa shape index (κ3) is 1.49. The second kappa shape index (κ2) is 4.05. The van der Waals surface area contributed by atoms with E-state index in [0.717, 1.165) is 27.7 Å². The van der Waals surface area contributed by atoms with Crippen molar-refractivity contribution in [3.63, 3.8) is 0 Å². The molecule has 86 valence electrons. The fourth-order valence-electron chi connectivity index (χ4n) is 2.31. The Morgan fingerprint density at radius 1 is 1.00 bits per heavy atom. The van der Waals surface area contributed by atoms with E-state index in [4.69, 9.17) is 0 Å². The summed E-state index contributed by atoms with van der Waals surface area (Å²) in [6.45, 7) is 2.06. The number of aromatic amines is 1. The highest BCUT2D eigenvalue weighted by Gasteiger charge is 2.13. The molecule has 3 rings (SSSR count). The fourth-order valence-corrected chi connectivity index (χ4v) is 2.31. The third-order valence-corrected chi connectivity index (χ3v) is 3.23. The number of aromatic nitrogens is 1. The molecule has 0 aliphatic carbocycles. The van der Waals surface area contributed by atoms with Crippen LogP contribution >= 0.6 is 0 Å². The van der Waals surface area contributed by atoms with Crippen molar-refractivity contribution in [1.82, 2.24) is 4.98 Å². The highest BCUT2D eigenvalue weighted by atomic mass is 14.7. The molecule has 0 aliphatic rings. The van der Waals surface area contributed by atoms with Crippen LogP contribution in [-0.2, 0) is 0 Å². The van der Waals surface area contributed by atoms with Crippen LogP contribution in [-0.4, -0.2) is 4.98 Å². The Hall–Kier alpha value is -2.53. The van der Waals surface area contributed by atoms with Crippen LogP contribution in [0, 0.1) is 18.3 Å². The highest BCUT2D eigenvalue weighted by Crippen LogP contribution is 2.31. The molecule has 2 aromatic carbocycles. The van der Waals surface area contributed by atoms with Crippen LogP contribution in [0.15, 0.2) is 48.5 Å². The van der Waals surface area contributed by atoms with Crippen molar-refractivity contribution in [2.45, 2.75) is 6.92 Å². The van der Waals surface area contributed by atoms with Gasteiger partial charge in [-0.3, -0.25) is 0 Å². The molecule has 0 atom stereocenters. The lowest BCUT2D eigenvalue weighted by Crippen LogP contribution is -1.85. The second-order valence-corrected chi connectivity index (χ2v) is 4.35. The van der Waals surface area contributed by atoms with E-state index in [1.165, 1.54) is 5.56 Å². The van der Waals surface area contributed by atoms with Gasteiger partial charge in [-0.2, -0.15) is 5.26 Å². The van der Waals surface area contributed by atoms with E-state index in [2.05, 4.69) is 24.0 Å². The van der Waals surface area contributed by atoms with Gasteiger partial charge in [0.2, 0.25) is 0 Å². The minimum atomic E-state index is 0.722. The van der Waals surface area contributed by atoms with E-state index in [1.807, 2.05) is 42.5 Å². The summed E-state index contributed by atoms with van der Waals surface area (Å²) in [6, 6.07) is 18.3. The zero-order valence-corrected chi connectivity index (χ0v) is 10.1. The van der Waals surface area contributed by atoms with Crippen LogP contribution in [0.1, 0.15) is 11.1 Å². The van der Waals surface area contributed by atoms with E-state index >= 15 is 0 Å². The highest BCUT2D eigenvalue weighted by molar-refractivity contribution is 5.93. The summed E-state index contributed by atoms with van der Waals surface area (Å²) in [4.78, 5) is 3.35. The summed E-state index contributed by atoms with van der Waals surface area (Å²) in [7, 11) is 0. The Labute approximate surface area is 106 Å². The van der Waals surface area contributed by atoms with Crippen molar-refractivity contribution >= 4 is 10.9 Å². The van der Waals surface area contributed by atoms with Crippen LogP contribution in [0.2, 0.25) is 0 Å². The minimum Gasteiger partial charge on any atom is -0.353 e. The number of hydrogen-bond donors (Lipinski definition) is 1. The van der Waals surface area contributed by atoms with Crippen LogP contribution in [0.25, 0.3) is 22.2 Å². The Bertz CT molecular complexity index is 760. The smallest absolute Gasteiger partial charge is 0.102 e. The Morgan fingerprint density at radius 3 is 2.50 bits per heavy atom. The number of para-hydroxylation sites is 1. The SMILES string of the molecule is Cc1ccccc1-c1[nH]c2ccccc2c1C#N. The van der Waals surface area contributed by atoms with Gasteiger partial charge in [0, 0.05) is 16.5 Å². The molecule has 0 bridgehead atoms. The van der Waals surface area contributed by atoms with Crippen molar-refractivity contribution in [1.29, 1.82) is 5.26 Å². The van der Waals surface area contributed by atoms with Crippen LogP contribution < -0.4 is 0 Å². The molecule has 1 aromatic heterocycles. The van der Waals surface area contributed by atoms with Crippen LogP contribution in [0.3, 0.4) is 0 Å². The van der Waals surface area contributed by atoms with E-state index in [9.17, 15) is 5.26 Å². The molecule has 1 N–H and O–H groups in total. The molecule has 0 radical (unpaired) electrons. The van der Waals surface area contributed by atoms with Crippen LogP contribution in [0.5, 0.6) is 0 Å². The minimum absolute atomic E-state index is 0.722. The van der Waals surface area contributed by atoms with Gasteiger partial charge in [-0.15, -0.1) is 0 Å². The van der Waals surface area contributed by atoms with Gasteiger partial charge in [0.1, 0.15) is 6.07 Å². The largest absolute Gasteiger partial charge is 0.353 e. The fraction of sp³-hybridized carbons (Fsp3) is 0.0625. The van der Waals surface area contributed by atoms with Gasteiger partial charge in [0.05, 0.1) is 11.3 Å². The van der Waals surface area contributed by atoms with E-state index < -0.39 is 0 Å². The zero-order valence-electron chi connectivity index (χ0n) is 10.1. The third-order valence-electron chi connectivity index (χ3n) is 3.23. The predicted molar refractivity (Wildman–Crippen MR) is 73.2 cm³/mol. The first-order chi connectivity index (χ1) is 8.81. The Morgan fingerprint density at radius 2 is 1.72 bits per heavy atom. The molecule has 0 amide bonds. The number of rotatable bonds is 1. The molecule has 0 spiro atoms. The molecule has 3 aromatic rings.